The fourth-order valence-corrected chi connectivity index (χ4v) is 10.00. The molecule has 1 unspecified atom stereocenters. The molecule has 3 rings (SSSR count). The van der Waals surface area contributed by atoms with Gasteiger partial charge in [-0.15, -0.1) is 0 Å². The number of hydrogen-bond acceptors (Lipinski definition) is 0. The zero-order chi connectivity index (χ0) is 12.6. The van der Waals surface area contributed by atoms with Crippen LogP contribution in [-0.2, 0) is 19.1 Å². The Morgan fingerprint density at radius 2 is 1.83 bits per heavy atom. The summed E-state index contributed by atoms with van der Waals surface area (Å²) in [6, 6.07) is 8.58. The molecule has 2 aliphatic carbocycles. The first kappa shape index (κ1) is 12.9. The van der Waals surface area contributed by atoms with Gasteiger partial charge in [0.05, 0.1) is 0 Å². The van der Waals surface area contributed by atoms with Crippen LogP contribution in [0.1, 0.15) is 17.0 Å². The number of benzene rings is 1. The Labute approximate surface area is 123 Å². The van der Waals surface area contributed by atoms with Crippen LogP contribution in [0.15, 0.2) is 54.6 Å². The van der Waals surface area contributed by atoms with Crippen molar-refractivity contribution in [1.82, 2.24) is 0 Å². The second-order valence-corrected chi connectivity index (χ2v) is 17.6. The number of halogens is 2. The van der Waals surface area contributed by atoms with Gasteiger partial charge in [0.1, 0.15) is 0 Å². The van der Waals surface area contributed by atoms with E-state index in [1.54, 1.807) is 0 Å². The number of fused-ring (bicyclic) bond motifs is 1. The SMILES string of the molecule is [Cl][Hf]([Cl])[CH2]C1(C2C=Cc3ccccc32)C=CC=C1. The average Bonchev–Trinajstić information content (AvgIpc) is 2.94. The molecular formula is C15H13Cl2Hf. The van der Waals surface area contributed by atoms with E-state index in [4.69, 9.17) is 17.2 Å². The predicted octanol–water partition coefficient (Wildman–Crippen LogP) is 5.25. The number of allylic oxidation sites excluding steroid dienone is 5. The zero-order valence-corrected chi connectivity index (χ0v) is 14.9. The molecule has 1 aromatic rings. The molecular weight excluding hydrogens is 430 g/mol. The second kappa shape index (κ2) is 5.11. The quantitative estimate of drug-likeness (QED) is 0.561. The van der Waals surface area contributed by atoms with Crippen LogP contribution in [0.5, 0.6) is 0 Å². The van der Waals surface area contributed by atoms with Gasteiger partial charge >= 0.3 is 124 Å². The normalized spacial score (nSPS) is 22.4. The van der Waals surface area contributed by atoms with Gasteiger partial charge in [0.15, 0.2) is 0 Å². The van der Waals surface area contributed by atoms with Crippen LogP contribution in [-0.4, -0.2) is 0 Å². The molecule has 2 aliphatic rings. The molecule has 0 bridgehead atoms. The Balaban J connectivity index is 2.02. The maximum absolute atomic E-state index is 6.24. The summed E-state index contributed by atoms with van der Waals surface area (Å²) in [5, 5.41) is 0. The Morgan fingerprint density at radius 3 is 2.56 bits per heavy atom. The van der Waals surface area contributed by atoms with Crippen molar-refractivity contribution in [1.29, 1.82) is 0 Å². The Hall–Kier alpha value is -0.110. The summed E-state index contributed by atoms with van der Waals surface area (Å²) >= 11 is -2.35. The van der Waals surface area contributed by atoms with Crippen LogP contribution in [0.2, 0.25) is 4.18 Å². The fraction of sp³-hybridized carbons (Fsp3) is 0.200. The Morgan fingerprint density at radius 1 is 1.11 bits per heavy atom. The molecule has 1 atom stereocenters. The van der Waals surface area contributed by atoms with E-state index in [2.05, 4.69) is 60.7 Å². The molecule has 0 nitrogen and oxygen atoms in total. The molecule has 0 fully saturated rings. The molecule has 91 valence electrons. The summed E-state index contributed by atoms with van der Waals surface area (Å²) < 4.78 is 0.955. The van der Waals surface area contributed by atoms with Gasteiger partial charge in [-0.3, -0.25) is 0 Å². The van der Waals surface area contributed by atoms with Gasteiger partial charge in [-0.1, -0.05) is 0 Å². The minimum atomic E-state index is -2.35. The van der Waals surface area contributed by atoms with Crippen molar-refractivity contribution in [2.75, 3.05) is 0 Å². The number of hydrogen-bond donors (Lipinski definition) is 0. The van der Waals surface area contributed by atoms with Crippen LogP contribution in [0.25, 0.3) is 6.08 Å². The topological polar surface area (TPSA) is 0 Å². The first-order valence-corrected chi connectivity index (χ1v) is 17.5. The van der Waals surface area contributed by atoms with E-state index in [-0.39, 0.29) is 5.41 Å². The van der Waals surface area contributed by atoms with Crippen LogP contribution in [0.3, 0.4) is 0 Å². The fourth-order valence-electron chi connectivity index (χ4n) is 2.91. The van der Waals surface area contributed by atoms with Crippen molar-refractivity contribution >= 4 is 23.2 Å². The monoisotopic (exact) mass is 443 g/mol. The standard InChI is InChI=1S/C15H13.2ClH.Hf/c1-15(10-4-5-11-15)14-9-8-12-6-2-3-7-13(12)14;;;/h2-11,14H,1H2;2*1H;/q;;;+2/p-2. The van der Waals surface area contributed by atoms with Crippen molar-refractivity contribution in [2.24, 2.45) is 5.41 Å². The third-order valence-electron chi connectivity index (χ3n) is 3.74. The molecule has 0 saturated heterocycles. The first-order chi connectivity index (χ1) is 8.71. The molecule has 0 radical (unpaired) electrons. The molecule has 0 saturated carbocycles. The molecule has 0 aliphatic heterocycles. The third-order valence-corrected chi connectivity index (χ3v) is 9.09. The van der Waals surface area contributed by atoms with E-state index in [0.717, 1.165) is 4.18 Å². The summed E-state index contributed by atoms with van der Waals surface area (Å²) in [5.74, 6) is 0.390. The van der Waals surface area contributed by atoms with Crippen molar-refractivity contribution < 1.29 is 19.1 Å². The van der Waals surface area contributed by atoms with Gasteiger partial charge < -0.3 is 0 Å². The minimum absolute atomic E-state index is 0.0225. The summed E-state index contributed by atoms with van der Waals surface area (Å²) in [7, 11) is 12.5. The summed E-state index contributed by atoms with van der Waals surface area (Å²) in [6.07, 6.45) is 13.3. The van der Waals surface area contributed by atoms with Crippen LogP contribution in [0, 0.1) is 5.41 Å². The van der Waals surface area contributed by atoms with Crippen molar-refractivity contribution in [2.45, 2.75) is 10.1 Å². The Bertz CT molecular complexity index is 531. The van der Waals surface area contributed by atoms with Gasteiger partial charge in [0.25, 0.3) is 0 Å². The van der Waals surface area contributed by atoms with E-state index < -0.39 is 19.1 Å². The van der Waals surface area contributed by atoms with Crippen molar-refractivity contribution in [3.63, 3.8) is 0 Å². The zero-order valence-electron chi connectivity index (χ0n) is 9.81. The summed E-state index contributed by atoms with van der Waals surface area (Å²) in [4.78, 5) is 0. The van der Waals surface area contributed by atoms with Gasteiger partial charge in [0, 0.05) is 0 Å². The molecule has 0 heterocycles. The average molecular weight is 443 g/mol. The van der Waals surface area contributed by atoms with E-state index in [0.29, 0.717) is 5.92 Å². The Kier molecular flexibility index (Phi) is 3.66. The molecule has 3 heteroatoms. The van der Waals surface area contributed by atoms with E-state index in [1.165, 1.54) is 11.1 Å². The molecule has 1 aromatic carbocycles. The van der Waals surface area contributed by atoms with E-state index in [1.807, 2.05) is 0 Å². The second-order valence-electron chi connectivity index (χ2n) is 4.81. The molecule has 0 aromatic heterocycles. The van der Waals surface area contributed by atoms with Gasteiger partial charge in [-0.25, -0.2) is 0 Å². The van der Waals surface area contributed by atoms with Crippen molar-refractivity contribution in [3.05, 3.63) is 65.8 Å². The molecule has 0 amide bonds. The summed E-state index contributed by atoms with van der Waals surface area (Å²) in [6.45, 7) is 0. The first-order valence-electron chi connectivity index (χ1n) is 6.02. The van der Waals surface area contributed by atoms with Gasteiger partial charge in [-0.2, -0.15) is 0 Å². The molecule has 18 heavy (non-hydrogen) atoms. The van der Waals surface area contributed by atoms with Gasteiger partial charge in [0.2, 0.25) is 0 Å². The molecule has 0 N–H and O–H groups in total. The van der Waals surface area contributed by atoms with Crippen molar-refractivity contribution in [3.8, 4) is 0 Å². The predicted molar refractivity (Wildman–Crippen MR) is 75.4 cm³/mol. The number of rotatable bonds is 3. The van der Waals surface area contributed by atoms with Crippen LogP contribution in [0.4, 0.5) is 0 Å². The maximum atomic E-state index is 6.24. The van der Waals surface area contributed by atoms with Gasteiger partial charge in [-0.05, 0) is 0 Å². The van der Waals surface area contributed by atoms with E-state index >= 15 is 0 Å². The van der Waals surface area contributed by atoms with E-state index in [9.17, 15) is 0 Å². The molecule has 0 spiro atoms. The van der Waals surface area contributed by atoms with Crippen LogP contribution >= 0.6 is 17.2 Å². The summed E-state index contributed by atoms with van der Waals surface area (Å²) in [5.41, 5.74) is 2.75. The third kappa shape index (κ3) is 2.21. The van der Waals surface area contributed by atoms with Crippen LogP contribution < -0.4 is 0 Å².